The molecule has 1 aromatic carbocycles. The fourth-order valence-corrected chi connectivity index (χ4v) is 1.90. The van der Waals surface area contributed by atoms with Crippen molar-refractivity contribution in [2.45, 2.75) is 6.92 Å². The van der Waals surface area contributed by atoms with Crippen LogP contribution >= 0.6 is 11.6 Å². The van der Waals surface area contributed by atoms with Crippen LogP contribution in [-0.4, -0.2) is 27.0 Å². The molecule has 1 aromatic rings. The van der Waals surface area contributed by atoms with E-state index in [-0.39, 0.29) is 5.75 Å². The van der Waals surface area contributed by atoms with E-state index in [0.717, 1.165) is 11.3 Å². The zero-order chi connectivity index (χ0) is 12.3. The molecular weight excluding hydrogens is 248 g/mol. The second-order valence-corrected chi connectivity index (χ2v) is 6.41. The van der Waals surface area contributed by atoms with Crippen molar-refractivity contribution in [3.8, 4) is 0 Å². The molecule has 0 fully saturated rings. The minimum absolute atomic E-state index is 0.0917. The average molecular weight is 263 g/mol. The SMILES string of the molecule is Cc1cc(N)c(Cl)cc1NCCS(C)(=O)=O. The molecule has 0 aromatic heterocycles. The first-order valence-electron chi connectivity index (χ1n) is 4.77. The number of nitrogens with two attached hydrogens (primary N) is 1. The van der Waals surface area contributed by atoms with Crippen LogP contribution in [0.1, 0.15) is 5.56 Å². The highest BCUT2D eigenvalue weighted by Gasteiger charge is 2.05. The van der Waals surface area contributed by atoms with Crippen molar-refractivity contribution in [1.29, 1.82) is 0 Å². The van der Waals surface area contributed by atoms with Crippen LogP contribution in [0.3, 0.4) is 0 Å². The maximum absolute atomic E-state index is 10.9. The van der Waals surface area contributed by atoms with Crippen molar-refractivity contribution in [1.82, 2.24) is 0 Å². The van der Waals surface area contributed by atoms with Crippen LogP contribution in [0, 0.1) is 6.92 Å². The molecule has 1 rings (SSSR count). The third kappa shape index (κ3) is 3.90. The molecule has 0 aliphatic carbocycles. The van der Waals surface area contributed by atoms with Gasteiger partial charge in [-0.25, -0.2) is 8.42 Å². The maximum atomic E-state index is 10.9. The smallest absolute Gasteiger partial charge is 0.149 e. The number of hydrogen-bond donors (Lipinski definition) is 2. The second-order valence-electron chi connectivity index (χ2n) is 3.75. The molecule has 16 heavy (non-hydrogen) atoms. The first kappa shape index (κ1) is 13.1. The van der Waals surface area contributed by atoms with Crippen molar-refractivity contribution in [2.75, 3.05) is 29.6 Å². The summed E-state index contributed by atoms with van der Waals surface area (Å²) in [6.07, 6.45) is 1.21. The minimum Gasteiger partial charge on any atom is -0.398 e. The fraction of sp³-hybridized carbons (Fsp3) is 0.400. The molecule has 0 aliphatic rings. The lowest BCUT2D eigenvalue weighted by atomic mass is 10.2. The highest BCUT2D eigenvalue weighted by Crippen LogP contribution is 2.26. The van der Waals surface area contributed by atoms with Crippen LogP contribution in [-0.2, 0) is 9.84 Å². The highest BCUT2D eigenvalue weighted by molar-refractivity contribution is 7.90. The number of benzene rings is 1. The van der Waals surface area contributed by atoms with Crippen LogP contribution in [0.4, 0.5) is 11.4 Å². The number of rotatable bonds is 4. The van der Waals surface area contributed by atoms with Crippen LogP contribution in [0.2, 0.25) is 5.02 Å². The van der Waals surface area contributed by atoms with E-state index >= 15 is 0 Å². The number of halogens is 1. The molecular formula is C10H15ClN2O2S. The Hall–Kier alpha value is -0.940. The first-order chi connectivity index (χ1) is 7.29. The topological polar surface area (TPSA) is 72.2 Å². The maximum Gasteiger partial charge on any atom is 0.149 e. The lowest BCUT2D eigenvalue weighted by Gasteiger charge is -2.10. The summed E-state index contributed by atoms with van der Waals surface area (Å²) < 4.78 is 21.9. The van der Waals surface area contributed by atoms with Gasteiger partial charge in [0.2, 0.25) is 0 Å². The lowest BCUT2D eigenvalue weighted by molar-refractivity contribution is 0.602. The van der Waals surface area contributed by atoms with Crippen LogP contribution in [0.5, 0.6) is 0 Å². The van der Waals surface area contributed by atoms with E-state index in [1.807, 2.05) is 6.92 Å². The van der Waals surface area contributed by atoms with Crippen LogP contribution < -0.4 is 11.1 Å². The second kappa shape index (κ2) is 4.93. The van der Waals surface area contributed by atoms with Gasteiger partial charge in [-0.1, -0.05) is 11.6 Å². The Morgan fingerprint density at radius 1 is 1.44 bits per heavy atom. The molecule has 6 heteroatoms. The van der Waals surface area contributed by atoms with Crippen molar-refractivity contribution >= 4 is 32.8 Å². The Balaban J connectivity index is 2.71. The van der Waals surface area contributed by atoms with Crippen molar-refractivity contribution in [2.24, 2.45) is 0 Å². The van der Waals surface area contributed by atoms with Crippen LogP contribution in [0.25, 0.3) is 0 Å². The van der Waals surface area contributed by atoms with Gasteiger partial charge >= 0.3 is 0 Å². The lowest BCUT2D eigenvalue weighted by Crippen LogP contribution is -2.14. The molecule has 0 bridgehead atoms. The Morgan fingerprint density at radius 3 is 2.62 bits per heavy atom. The zero-order valence-corrected chi connectivity index (χ0v) is 10.8. The Morgan fingerprint density at radius 2 is 2.06 bits per heavy atom. The predicted octanol–water partition coefficient (Wildman–Crippen LogP) is 1.69. The molecule has 0 heterocycles. The van der Waals surface area contributed by atoms with E-state index in [0.29, 0.717) is 17.3 Å². The van der Waals surface area contributed by atoms with Gasteiger partial charge in [0.15, 0.2) is 0 Å². The minimum atomic E-state index is -2.95. The van der Waals surface area contributed by atoms with Gasteiger partial charge in [-0.3, -0.25) is 0 Å². The van der Waals surface area contributed by atoms with Crippen molar-refractivity contribution in [3.63, 3.8) is 0 Å². The molecule has 4 nitrogen and oxygen atoms in total. The summed E-state index contributed by atoms with van der Waals surface area (Å²) in [4.78, 5) is 0. The quantitative estimate of drug-likeness (QED) is 0.810. The van der Waals surface area contributed by atoms with Gasteiger partial charge in [0.05, 0.1) is 16.5 Å². The van der Waals surface area contributed by atoms with E-state index in [9.17, 15) is 8.42 Å². The van der Waals surface area contributed by atoms with Gasteiger partial charge in [-0.2, -0.15) is 0 Å². The van der Waals surface area contributed by atoms with E-state index in [2.05, 4.69) is 5.32 Å². The van der Waals surface area contributed by atoms with Crippen molar-refractivity contribution < 1.29 is 8.42 Å². The predicted molar refractivity (Wildman–Crippen MR) is 68.8 cm³/mol. The number of nitrogen functional groups attached to an aromatic ring is 1. The largest absolute Gasteiger partial charge is 0.398 e. The zero-order valence-electron chi connectivity index (χ0n) is 9.25. The fourth-order valence-electron chi connectivity index (χ4n) is 1.27. The third-order valence-electron chi connectivity index (χ3n) is 2.13. The molecule has 0 amide bonds. The summed E-state index contributed by atoms with van der Waals surface area (Å²) in [6, 6.07) is 3.46. The summed E-state index contributed by atoms with van der Waals surface area (Å²) >= 11 is 5.87. The van der Waals surface area contributed by atoms with Gasteiger partial charge < -0.3 is 11.1 Å². The van der Waals surface area contributed by atoms with Crippen LogP contribution in [0.15, 0.2) is 12.1 Å². The van der Waals surface area contributed by atoms with Gasteiger partial charge in [-0.05, 0) is 24.6 Å². The molecule has 0 spiro atoms. The number of hydrogen-bond acceptors (Lipinski definition) is 4. The number of nitrogens with one attached hydrogen (secondary N) is 1. The molecule has 0 radical (unpaired) electrons. The molecule has 0 saturated heterocycles. The summed E-state index contributed by atoms with van der Waals surface area (Å²) in [7, 11) is -2.95. The number of anilines is 2. The molecule has 0 saturated carbocycles. The first-order valence-corrected chi connectivity index (χ1v) is 7.20. The third-order valence-corrected chi connectivity index (χ3v) is 3.41. The summed E-state index contributed by atoms with van der Waals surface area (Å²) in [5.74, 6) is 0.0917. The van der Waals surface area contributed by atoms with E-state index in [1.165, 1.54) is 6.26 Å². The molecule has 0 atom stereocenters. The monoisotopic (exact) mass is 262 g/mol. The van der Waals surface area contributed by atoms with Crippen molar-refractivity contribution in [3.05, 3.63) is 22.7 Å². The average Bonchev–Trinajstić information content (AvgIpc) is 2.11. The van der Waals surface area contributed by atoms with E-state index in [1.54, 1.807) is 12.1 Å². The Kier molecular flexibility index (Phi) is 4.04. The highest BCUT2D eigenvalue weighted by atomic mass is 35.5. The molecule has 0 unspecified atom stereocenters. The Labute approximate surface area is 101 Å². The molecule has 0 aliphatic heterocycles. The Bertz CT molecular complexity index is 486. The standard InChI is InChI=1S/C10H15ClN2O2S/c1-7-5-9(12)8(11)6-10(7)13-3-4-16(2,14)15/h5-6,13H,3-4,12H2,1-2H3. The summed E-state index contributed by atoms with van der Waals surface area (Å²) in [5, 5.41) is 3.48. The molecule has 3 N–H and O–H groups in total. The van der Waals surface area contributed by atoms with Gasteiger partial charge in [0.25, 0.3) is 0 Å². The summed E-state index contributed by atoms with van der Waals surface area (Å²) in [5.41, 5.74) is 7.90. The van der Waals surface area contributed by atoms with Gasteiger partial charge in [0.1, 0.15) is 9.84 Å². The summed E-state index contributed by atoms with van der Waals surface area (Å²) in [6.45, 7) is 2.25. The van der Waals surface area contributed by atoms with E-state index in [4.69, 9.17) is 17.3 Å². The number of aryl methyl sites for hydroxylation is 1. The van der Waals surface area contributed by atoms with Gasteiger partial charge in [-0.15, -0.1) is 0 Å². The normalized spacial score (nSPS) is 11.4. The molecule has 90 valence electrons. The number of sulfone groups is 1. The van der Waals surface area contributed by atoms with Gasteiger partial charge in [0, 0.05) is 18.5 Å². The van der Waals surface area contributed by atoms with E-state index < -0.39 is 9.84 Å².